The van der Waals surface area contributed by atoms with E-state index < -0.39 is 5.41 Å². The largest absolute Gasteiger partial charge is 0.497 e. The number of benzene rings is 1. The number of hydrogen-bond acceptors (Lipinski definition) is 6. The molecular weight excluding hydrogens is 426 g/mol. The standard InChI is InChI=1S/C24H29N3O4S/c1-15-14-32-22(25-15)16(2)26-20(28)12-24(17-8-10-19(31-3)11-9-17)13-21(29)27(23(24)30)18-6-4-5-7-18/h8-11,14,16,18H,4-7,12-13H2,1-3H3,(H,26,28)/t16-,24+/m0/s1. The monoisotopic (exact) mass is 455 g/mol. The maximum Gasteiger partial charge on any atom is 0.241 e. The van der Waals surface area contributed by atoms with E-state index in [4.69, 9.17) is 4.74 Å². The Morgan fingerprint density at radius 1 is 1.28 bits per heavy atom. The van der Waals surface area contributed by atoms with Crippen molar-refractivity contribution in [3.05, 3.63) is 45.9 Å². The Morgan fingerprint density at radius 2 is 1.97 bits per heavy atom. The second kappa shape index (κ2) is 9.02. The van der Waals surface area contributed by atoms with Gasteiger partial charge in [0.2, 0.25) is 17.7 Å². The SMILES string of the molecule is COc1ccc([C@@]2(CC(=O)N[C@@H](C)c3nc(C)cs3)CC(=O)N(C3CCCC3)C2=O)cc1. The van der Waals surface area contributed by atoms with E-state index in [1.165, 1.54) is 16.2 Å². The van der Waals surface area contributed by atoms with Gasteiger partial charge in [-0.2, -0.15) is 0 Å². The summed E-state index contributed by atoms with van der Waals surface area (Å²) in [5.41, 5.74) is 0.378. The summed E-state index contributed by atoms with van der Waals surface area (Å²) in [6, 6.07) is 6.80. The highest BCUT2D eigenvalue weighted by Crippen LogP contribution is 2.43. The van der Waals surface area contributed by atoms with Crippen molar-refractivity contribution in [2.75, 3.05) is 7.11 Å². The molecule has 0 radical (unpaired) electrons. The molecule has 0 bridgehead atoms. The quantitative estimate of drug-likeness (QED) is 0.644. The number of ether oxygens (including phenoxy) is 1. The van der Waals surface area contributed by atoms with Gasteiger partial charge in [-0.15, -0.1) is 11.3 Å². The molecule has 1 saturated heterocycles. The van der Waals surface area contributed by atoms with Crippen molar-refractivity contribution in [1.29, 1.82) is 0 Å². The molecule has 7 nitrogen and oxygen atoms in total. The van der Waals surface area contributed by atoms with Gasteiger partial charge in [0.1, 0.15) is 10.8 Å². The molecule has 1 aliphatic heterocycles. The highest BCUT2D eigenvalue weighted by atomic mass is 32.1. The number of nitrogens with one attached hydrogen (secondary N) is 1. The zero-order valence-corrected chi connectivity index (χ0v) is 19.5. The number of aryl methyl sites for hydroxylation is 1. The average molecular weight is 456 g/mol. The van der Waals surface area contributed by atoms with E-state index >= 15 is 0 Å². The Labute approximate surface area is 192 Å². The first kappa shape index (κ1) is 22.5. The molecule has 3 amide bonds. The number of rotatable bonds is 7. The fraction of sp³-hybridized carbons (Fsp3) is 0.500. The number of thiazole rings is 1. The Morgan fingerprint density at radius 3 is 2.56 bits per heavy atom. The fourth-order valence-electron chi connectivity index (χ4n) is 4.87. The van der Waals surface area contributed by atoms with E-state index in [0.29, 0.717) is 11.3 Å². The van der Waals surface area contributed by atoms with Crippen LogP contribution in [0.5, 0.6) is 5.75 Å². The van der Waals surface area contributed by atoms with Crippen molar-refractivity contribution < 1.29 is 19.1 Å². The zero-order chi connectivity index (χ0) is 22.9. The summed E-state index contributed by atoms with van der Waals surface area (Å²) < 4.78 is 5.25. The summed E-state index contributed by atoms with van der Waals surface area (Å²) >= 11 is 1.49. The minimum atomic E-state index is -1.20. The summed E-state index contributed by atoms with van der Waals surface area (Å²) in [5, 5.41) is 5.73. The van der Waals surface area contributed by atoms with Gasteiger partial charge in [0.15, 0.2) is 0 Å². The van der Waals surface area contributed by atoms with E-state index in [1.807, 2.05) is 19.2 Å². The van der Waals surface area contributed by atoms with Gasteiger partial charge < -0.3 is 10.1 Å². The van der Waals surface area contributed by atoms with Crippen LogP contribution in [0.2, 0.25) is 0 Å². The smallest absolute Gasteiger partial charge is 0.241 e. The third-order valence-electron chi connectivity index (χ3n) is 6.53. The van der Waals surface area contributed by atoms with Crippen molar-refractivity contribution in [1.82, 2.24) is 15.2 Å². The third-order valence-corrected chi connectivity index (χ3v) is 7.67. The van der Waals surface area contributed by atoms with Crippen molar-refractivity contribution >= 4 is 29.1 Å². The lowest BCUT2D eigenvalue weighted by atomic mass is 9.75. The van der Waals surface area contributed by atoms with Gasteiger partial charge in [-0.25, -0.2) is 4.98 Å². The molecule has 2 heterocycles. The van der Waals surface area contributed by atoms with Crippen molar-refractivity contribution in [3.8, 4) is 5.75 Å². The molecule has 1 saturated carbocycles. The van der Waals surface area contributed by atoms with E-state index in [-0.39, 0.29) is 42.6 Å². The molecule has 0 spiro atoms. The number of imide groups is 1. The zero-order valence-electron chi connectivity index (χ0n) is 18.7. The highest BCUT2D eigenvalue weighted by Gasteiger charge is 2.55. The number of likely N-dealkylation sites (tertiary alicyclic amines) is 1. The predicted octanol–water partition coefficient (Wildman–Crippen LogP) is 3.67. The van der Waals surface area contributed by atoms with Crippen LogP contribution in [0, 0.1) is 6.92 Å². The van der Waals surface area contributed by atoms with Crippen LogP contribution in [-0.2, 0) is 19.8 Å². The lowest BCUT2D eigenvalue weighted by molar-refractivity contribution is -0.143. The number of carbonyl (C=O) groups is 3. The summed E-state index contributed by atoms with van der Waals surface area (Å²) in [7, 11) is 1.58. The van der Waals surface area contributed by atoms with Crippen molar-refractivity contribution in [2.24, 2.45) is 0 Å². The van der Waals surface area contributed by atoms with Gasteiger partial charge in [0.05, 0.1) is 18.6 Å². The lowest BCUT2D eigenvalue weighted by Gasteiger charge is -2.29. The molecule has 2 fully saturated rings. The maximum atomic E-state index is 13.8. The minimum absolute atomic E-state index is 0.00677. The molecule has 1 aromatic carbocycles. The second-order valence-corrected chi connectivity index (χ2v) is 9.68. The fourth-order valence-corrected chi connectivity index (χ4v) is 5.67. The molecule has 2 atom stereocenters. The lowest BCUT2D eigenvalue weighted by Crippen LogP contribution is -2.45. The van der Waals surface area contributed by atoms with Crippen LogP contribution in [0.15, 0.2) is 29.6 Å². The molecule has 4 rings (SSSR count). The Hall–Kier alpha value is -2.74. The molecule has 1 aliphatic carbocycles. The Bertz CT molecular complexity index is 1010. The first-order valence-corrected chi connectivity index (χ1v) is 11.9. The van der Waals surface area contributed by atoms with E-state index in [0.717, 1.165) is 36.4 Å². The first-order valence-electron chi connectivity index (χ1n) is 11.1. The van der Waals surface area contributed by atoms with Crippen LogP contribution in [0.25, 0.3) is 0 Å². The first-order chi connectivity index (χ1) is 15.3. The van der Waals surface area contributed by atoms with Gasteiger partial charge in [-0.1, -0.05) is 25.0 Å². The molecular formula is C24H29N3O4S. The number of amides is 3. The maximum absolute atomic E-state index is 13.8. The number of aromatic nitrogens is 1. The third kappa shape index (κ3) is 4.16. The Kier molecular flexibility index (Phi) is 6.33. The van der Waals surface area contributed by atoms with Crippen LogP contribution in [-0.4, -0.2) is 40.8 Å². The number of nitrogens with zero attached hydrogens (tertiary/aromatic N) is 2. The molecule has 8 heteroatoms. The molecule has 0 unspecified atom stereocenters. The molecule has 2 aromatic rings. The van der Waals surface area contributed by atoms with E-state index in [2.05, 4.69) is 10.3 Å². The summed E-state index contributed by atoms with van der Waals surface area (Å²) in [5.74, 6) is -0.0531. The molecule has 170 valence electrons. The summed E-state index contributed by atoms with van der Waals surface area (Å²) in [6.45, 7) is 3.79. The summed E-state index contributed by atoms with van der Waals surface area (Å²) in [4.78, 5) is 45.8. The normalized spacial score (nSPS) is 22.4. The van der Waals surface area contributed by atoms with Crippen LogP contribution >= 0.6 is 11.3 Å². The van der Waals surface area contributed by atoms with Crippen molar-refractivity contribution in [2.45, 2.75) is 69.9 Å². The molecule has 1 aromatic heterocycles. The highest BCUT2D eigenvalue weighted by molar-refractivity contribution is 7.09. The number of carbonyl (C=O) groups excluding carboxylic acids is 3. The predicted molar refractivity (Wildman–Crippen MR) is 121 cm³/mol. The minimum Gasteiger partial charge on any atom is -0.497 e. The van der Waals surface area contributed by atoms with Gasteiger partial charge >= 0.3 is 0 Å². The van der Waals surface area contributed by atoms with E-state index in [1.54, 1.807) is 31.4 Å². The topological polar surface area (TPSA) is 88.6 Å². The summed E-state index contributed by atoms with van der Waals surface area (Å²) in [6.07, 6.45) is 3.63. The molecule has 32 heavy (non-hydrogen) atoms. The molecule has 2 aliphatic rings. The van der Waals surface area contributed by atoms with Crippen LogP contribution in [0.1, 0.15) is 67.8 Å². The number of methoxy groups -OCH3 is 1. The molecule has 1 N–H and O–H groups in total. The van der Waals surface area contributed by atoms with Gasteiger partial charge in [-0.3, -0.25) is 19.3 Å². The Balaban J connectivity index is 1.62. The van der Waals surface area contributed by atoms with Gasteiger partial charge in [-0.05, 0) is 44.4 Å². The van der Waals surface area contributed by atoms with Gasteiger partial charge in [0.25, 0.3) is 0 Å². The number of hydrogen-bond donors (Lipinski definition) is 1. The van der Waals surface area contributed by atoms with E-state index in [9.17, 15) is 14.4 Å². The average Bonchev–Trinajstić information content (AvgIpc) is 3.49. The van der Waals surface area contributed by atoms with Crippen LogP contribution in [0.4, 0.5) is 0 Å². The second-order valence-electron chi connectivity index (χ2n) is 8.79. The van der Waals surface area contributed by atoms with Gasteiger partial charge in [0, 0.05) is 30.0 Å². The van der Waals surface area contributed by atoms with Crippen LogP contribution < -0.4 is 10.1 Å². The van der Waals surface area contributed by atoms with Crippen molar-refractivity contribution in [3.63, 3.8) is 0 Å². The van der Waals surface area contributed by atoms with Crippen LogP contribution in [0.3, 0.4) is 0 Å².